The summed E-state index contributed by atoms with van der Waals surface area (Å²) in [6, 6.07) is 2.91. The molecule has 0 bridgehead atoms. The Hall–Kier alpha value is -2.51. The lowest BCUT2D eigenvalue weighted by molar-refractivity contribution is -0.0793. The molecule has 1 fully saturated rings. The van der Waals surface area contributed by atoms with Crippen LogP contribution in [0.2, 0.25) is 0 Å². The van der Waals surface area contributed by atoms with Gasteiger partial charge in [-0.05, 0) is 32.9 Å². The predicted molar refractivity (Wildman–Crippen MR) is 88.4 cm³/mol. The van der Waals surface area contributed by atoms with Crippen LogP contribution >= 0.6 is 0 Å². The third-order valence-electron chi connectivity index (χ3n) is 4.20. The second-order valence-corrected chi connectivity index (χ2v) is 6.19. The van der Waals surface area contributed by atoms with Crippen molar-refractivity contribution in [1.82, 2.24) is 14.8 Å². The molecule has 6 nitrogen and oxygen atoms in total. The standard InChI is InChI=1S/C17H20F2N4O2/c1-4-25-16(24)12-5-6-20-14(7-12)23-11(3)15(10(2)22-23)21-13-8-17(18,19)9-13/h5-7,13,21H,4,8-9H2,1-3H3. The minimum Gasteiger partial charge on any atom is -0.462 e. The molecule has 25 heavy (non-hydrogen) atoms. The van der Waals surface area contributed by atoms with Crippen molar-refractivity contribution in [2.45, 2.75) is 45.6 Å². The highest BCUT2D eigenvalue weighted by molar-refractivity contribution is 5.89. The highest BCUT2D eigenvalue weighted by Crippen LogP contribution is 2.40. The second-order valence-electron chi connectivity index (χ2n) is 6.19. The number of hydrogen-bond donors (Lipinski definition) is 1. The Morgan fingerprint density at radius 3 is 2.80 bits per heavy atom. The predicted octanol–water partition coefficient (Wildman–Crippen LogP) is 3.27. The number of halogens is 2. The average molecular weight is 350 g/mol. The normalized spacial score (nSPS) is 16.4. The van der Waals surface area contributed by atoms with Crippen LogP contribution in [0.1, 0.15) is 41.5 Å². The molecule has 1 aliphatic carbocycles. The molecular formula is C17H20F2N4O2. The Balaban J connectivity index is 1.85. The van der Waals surface area contributed by atoms with Crippen LogP contribution in [-0.2, 0) is 4.74 Å². The maximum atomic E-state index is 13.0. The fraction of sp³-hybridized carbons (Fsp3) is 0.471. The zero-order chi connectivity index (χ0) is 18.2. The number of nitrogens with one attached hydrogen (secondary N) is 1. The van der Waals surface area contributed by atoms with Crippen molar-refractivity contribution in [3.63, 3.8) is 0 Å². The van der Waals surface area contributed by atoms with E-state index in [0.717, 1.165) is 11.4 Å². The maximum absolute atomic E-state index is 13.0. The molecule has 8 heteroatoms. The zero-order valence-corrected chi connectivity index (χ0v) is 14.3. The Morgan fingerprint density at radius 1 is 1.44 bits per heavy atom. The third-order valence-corrected chi connectivity index (χ3v) is 4.20. The van der Waals surface area contributed by atoms with Crippen molar-refractivity contribution in [3.8, 4) is 5.82 Å². The van der Waals surface area contributed by atoms with E-state index in [-0.39, 0.29) is 25.5 Å². The molecule has 1 N–H and O–H groups in total. The van der Waals surface area contributed by atoms with Crippen LogP contribution in [0.5, 0.6) is 0 Å². The van der Waals surface area contributed by atoms with Crippen molar-refractivity contribution in [2.75, 3.05) is 11.9 Å². The van der Waals surface area contributed by atoms with Gasteiger partial charge in [-0.2, -0.15) is 5.10 Å². The maximum Gasteiger partial charge on any atom is 0.338 e. The third kappa shape index (κ3) is 3.47. The van der Waals surface area contributed by atoms with Crippen LogP contribution in [0, 0.1) is 13.8 Å². The number of aryl methyl sites for hydroxylation is 1. The summed E-state index contributed by atoms with van der Waals surface area (Å²) >= 11 is 0. The number of carbonyl (C=O) groups excluding carboxylic acids is 1. The van der Waals surface area contributed by atoms with Gasteiger partial charge in [-0.1, -0.05) is 0 Å². The quantitative estimate of drug-likeness (QED) is 0.838. The van der Waals surface area contributed by atoms with Crippen LogP contribution in [-0.4, -0.2) is 39.3 Å². The van der Waals surface area contributed by atoms with Crippen LogP contribution in [0.25, 0.3) is 5.82 Å². The summed E-state index contributed by atoms with van der Waals surface area (Å²) in [5.74, 6) is -2.54. The molecule has 0 atom stereocenters. The van der Waals surface area contributed by atoms with Gasteiger partial charge in [0, 0.05) is 25.1 Å². The fourth-order valence-electron chi connectivity index (χ4n) is 2.92. The van der Waals surface area contributed by atoms with Gasteiger partial charge >= 0.3 is 5.97 Å². The highest BCUT2D eigenvalue weighted by atomic mass is 19.3. The highest BCUT2D eigenvalue weighted by Gasteiger charge is 2.45. The molecular weight excluding hydrogens is 330 g/mol. The van der Waals surface area contributed by atoms with Crippen molar-refractivity contribution < 1.29 is 18.3 Å². The average Bonchev–Trinajstić information content (AvgIpc) is 2.82. The van der Waals surface area contributed by atoms with E-state index in [1.807, 2.05) is 6.92 Å². The van der Waals surface area contributed by atoms with Gasteiger partial charge in [0.1, 0.15) is 0 Å². The number of esters is 1. The lowest BCUT2D eigenvalue weighted by atomic mass is 9.88. The van der Waals surface area contributed by atoms with Crippen LogP contribution < -0.4 is 5.32 Å². The molecule has 0 unspecified atom stereocenters. The van der Waals surface area contributed by atoms with E-state index in [0.29, 0.717) is 17.1 Å². The number of aromatic nitrogens is 3. The van der Waals surface area contributed by atoms with E-state index < -0.39 is 11.9 Å². The van der Waals surface area contributed by atoms with E-state index in [2.05, 4.69) is 15.4 Å². The summed E-state index contributed by atoms with van der Waals surface area (Å²) in [6.07, 6.45) is 1.17. The van der Waals surface area contributed by atoms with E-state index in [4.69, 9.17) is 4.74 Å². The van der Waals surface area contributed by atoms with E-state index in [1.165, 1.54) is 6.20 Å². The molecule has 0 spiro atoms. The molecule has 0 amide bonds. The Kier molecular flexibility index (Phi) is 4.45. The molecule has 2 heterocycles. The zero-order valence-electron chi connectivity index (χ0n) is 14.3. The molecule has 0 radical (unpaired) electrons. The fourth-order valence-corrected chi connectivity index (χ4v) is 2.92. The molecule has 1 saturated carbocycles. The molecule has 2 aromatic heterocycles. The first-order valence-electron chi connectivity index (χ1n) is 8.15. The Morgan fingerprint density at radius 2 is 2.16 bits per heavy atom. The number of rotatable bonds is 5. The lowest BCUT2D eigenvalue weighted by Gasteiger charge is -2.36. The van der Waals surface area contributed by atoms with Gasteiger partial charge < -0.3 is 10.1 Å². The first-order valence-corrected chi connectivity index (χ1v) is 8.15. The monoisotopic (exact) mass is 350 g/mol. The van der Waals surface area contributed by atoms with E-state index in [9.17, 15) is 13.6 Å². The number of hydrogen-bond acceptors (Lipinski definition) is 5. The molecule has 3 rings (SSSR count). The first kappa shape index (κ1) is 17.3. The van der Waals surface area contributed by atoms with Crippen molar-refractivity contribution in [2.24, 2.45) is 0 Å². The van der Waals surface area contributed by atoms with Gasteiger partial charge in [0.2, 0.25) is 0 Å². The largest absolute Gasteiger partial charge is 0.462 e. The summed E-state index contributed by atoms with van der Waals surface area (Å²) in [5.41, 5.74) is 2.55. The summed E-state index contributed by atoms with van der Waals surface area (Å²) in [7, 11) is 0. The summed E-state index contributed by atoms with van der Waals surface area (Å²) < 4.78 is 32.6. The van der Waals surface area contributed by atoms with Gasteiger partial charge in [0.15, 0.2) is 5.82 Å². The number of anilines is 1. The van der Waals surface area contributed by atoms with Gasteiger partial charge in [0.25, 0.3) is 5.92 Å². The van der Waals surface area contributed by atoms with Crippen molar-refractivity contribution in [1.29, 1.82) is 0 Å². The van der Waals surface area contributed by atoms with Crippen molar-refractivity contribution >= 4 is 11.7 Å². The molecule has 0 aromatic carbocycles. The number of ether oxygens (including phenoxy) is 1. The molecule has 0 saturated heterocycles. The van der Waals surface area contributed by atoms with E-state index in [1.54, 1.807) is 30.7 Å². The van der Waals surface area contributed by atoms with E-state index >= 15 is 0 Å². The van der Waals surface area contributed by atoms with Crippen LogP contribution in [0.4, 0.5) is 14.5 Å². The topological polar surface area (TPSA) is 69.0 Å². The van der Waals surface area contributed by atoms with Gasteiger partial charge in [-0.3, -0.25) is 0 Å². The second kappa shape index (κ2) is 6.42. The molecule has 134 valence electrons. The van der Waals surface area contributed by atoms with Crippen LogP contribution in [0.3, 0.4) is 0 Å². The Bertz CT molecular complexity index is 796. The summed E-state index contributed by atoms with van der Waals surface area (Å²) in [6.45, 7) is 5.66. The minimum atomic E-state index is -2.58. The number of carbonyl (C=O) groups is 1. The van der Waals surface area contributed by atoms with Crippen molar-refractivity contribution in [3.05, 3.63) is 35.3 Å². The Labute approximate surface area is 144 Å². The van der Waals surface area contributed by atoms with Crippen LogP contribution in [0.15, 0.2) is 18.3 Å². The molecule has 1 aliphatic rings. The summed E-state index contributed by atoms with van der Waals surface area (Å²) in [4.78, 5) is 16.1. The van der Waals surface area contributed by atoms with Gasteiger partial charge in [0.05, 0.1) is 29.2 Å². The first-order chi connectivity index (χ1) is 11.8. The SMILES string of the molecule is CCOC(=O)c1ccnc(-n2nc(C)c(NC3CC(F)(F)C3)c2C)c1. The van der Waals surface area contributed by atoms with Gasteiger partial charge in [-0.25, -0.2) is 23.2 Å². The number of alkyl halides is 2. The number of nitrogens with zero attached hydrogens (tertiary/aromatic N) is 3. The lowest BCUT2D eigenvalue weighted by Crippen LogP contribution is -2.44. The number of pyridine rings is 1. The summed E-state index contributed by atoms with van der Waals surface area (Å²) in [5, 5.41) is 7.56. The minimum absolute atomic E-state index is 0.173. The smallest absolute Gasteiger partial charge is 0.338 e. The molecule has 2 aromatic rings. The molecule has 0 aliphatic heterocycles. The van der Waals surface area contributed by atoms with Gasteiger partial charge in [-0.15, -0.1) is 0 Å².